The predicted molar refractivity (Wildman–Crippen MR) is 83.5 cm³/mol. The van der Waals surface area contributed by atoms with Crippen LogP contribution in [0.2, 0.25) is 0 Å². The van der Waals surface area contributed by atoms with Crippen LogP contribution in [0.4, 0.5) is 5.69 Å². The van der Waals surface area contributed by atoms with Crippen LogP contribution in [0.15, 0.2) is 58.3 Å². The molecule has 0 aliphatic carbocycles. The third-order valence-electron chi connectivity index (χ3n) is 2.61. The molecule has 0 fully saturated rings. The van der Waals surface area contributed by atoms with Crippen LogP contribution in [0.1, 0.15) is 5.56 Å². The number of rotatable bonds is 5. The van der Waals surface area contributed by atoms with Gasteiger partial charge in [0.15, 0.2) is 0 Å². The summed E-state index contributed by atoms with van der Waals surface area (Å²) in [4.78, 5) is 2.64. The summed E-state index contributed by atoms with van der Waals surface area (Å²) in [5, 5.41) is 0. The van der Waals surface area contributed by atoms with Crippen molar-refractivity contribution in [3.8, 4) is 0 Å². The van der Waals surface area contributed by atoms with Crippen molar-refractivity contribution in [2.75, 3.05) is 17.2 Å². The maximum Gasteiger partial charge on any atom is 0.0344 e. The van der Waals surface area contributed by atoms with E-state index in [9.17, 15) is 0 Å². The topological polar surface area (TPSA) is 26.0 Å². The molecule has 18 heavy (non-hydrogen) atoms. The SMILES string of the molecule is Cc1cc(SCCSc2ccccc2)ccc1N. The summed E-state index contributed by atoms with van der Waals surface area (Å²) in [6.45, 7) is 2.05. The molecule has 94 valence electrons. The molecule has 2 aromatic carbocycles. The first-order valence-electron chi connectivity index (χ1n) is 5.92. The molecule has 0 bridgehead atoms. The van der Waals surface area contributed by atoms with Gasteiger partial charge in [0, 0.05) is 27.0 Å². The molecule has 3 heteroatoms. The van der Waals surface area contributed by atoms with Crippen molar-refractivity contribution in [2.45, 2.75) is 16.7 Å². The Balaban J connectivity index is 1.77. The van der Waals surface area contributed by atoms with Gasteiger partial charge < -0.3 is 5.73 Å². The molecule has 0 radical (unpaired) electrons. The number of benzene rings is 2. The highest BCUT2D eigenvalue weighted by atomic mass is 32.2. The van der Waals surface area contributed by atoms with Gasteiger partial charge in [-0.3, -0.25) is 0 Å². The molecule has 0 saturated heterocycles. The van der Waals surface area contributed by atoms with E-state index in [1.807, 2.05) is 29.6 Å². The number of nitrogen functional groups attached to an aromatic ring is 1. The smallest absolute Gasteiger partial charge is 0.0344 e. The molecule has 2 rings (SSSR count). The summed E-state index contributed by atoms with van der Waals surface area (Å²) < 4.78 is 0. The average molecular weight is 275 g/mol. The highest BCUT2D eigenvalue weighted by molar-refractivity contribution is 8.03. The normalized spacial score (nSPS) is 10.5. The van der Waals surface area contributed by atoms with E-state index in [0.717, 1.165) is 22.8 Å². The van der Waals surface area contributed by atoms with Crippen molar-refractivity contribution in [3.63, 3.8) is 0 Å². The summed E-state index contributed by atoms with van der Waals surface area (Å²) in [5.74, 6) is 2.24. The fourth-order valence-electron chi connectivity index (χ4n) is 1.57. The maximum atomic E-state index is 5.81. The Labute approximate surface area is 117 Å². The van der Waals surface area contributed by atoms with Crippen LogP contribution in [0.3, 0.4) is 0 Å². The molecule has 0 heterocycles. The molecule has 2 N–H and O–H groups in total. The molecule has 0 unspecified atom stereocenters. The van der Waals surface area contributed by atoms with Crippen LogP contribution in [0.25, 0.3) is 0 Å². The number of nitrogens with two attached hydrogens (primary N) is 1. The Morgan fingerprint density at radius 3 is 2.22 bits per heavy atom. The molecule has 2 aromatic rings. The van der Waals surface area contributed by atoms with E-state index in [-0.39, 0.29) is 0 Å². The first-order valence-corrected chi connectivity index (χ1v) is 7.89. The lowest BCUT2D eigenvalue weighted by Gasteiger charge is -2.05. The number of hydrogen-bond acceptors (Lipinski definition) is 3. The summed E-state index contributed by atoms with van der Waals surface area (Å²) in [6.07, 6.45) is 0. The second-order valence-electron chi connectivity index (χ2n) is 4.03. The Kier molecular flexibility index (Phi) is 5.02. The molecule has 0 spiro atoms. The van der Waals surface area contributed by atoms with Crippen molar-refractivity contribution in [1.82, 2.24) is 0 Å². The van der Waals surface area contributed by atoms with Crippen molar-refractivity contribution < 1.29 is 0 Å². The van der Waals surface area contributed by atoms with Crippen LogP contribution >= 0.6 is 23.5 Å². The number of anilines is 1. The van der Waals surface area contributed by atoms with E-state index < -0.39 is 0 Å². The maximum absolute atomic E-state index is 5.81. The highest BCUT2D eigenvalue weighted by Gasteiger charge is 1.98. The van der Waals surface area contributed by atoms with Gasteiger partial charge in [0.05, 0.1) is 0 Å². The number of thioether (sulfide) groups is 2. The van der Waals surface area contributed by atoms with Gasteiger partial charge in [-0.05, 0) is 42.8 Å². The molecular weight excluding hydrogens is 258 g/mol. The first kappa shape index (κ1) is 13.4. The molecule has 0 atom stereocenters. The van der Waals surface area contributed by atoms with Gasteiger partial charge in [0.25, 0.3) is 0 Å². The molecular formula is C15H17NS2. The fourth-order valence-corrected chi connectivity index (χ4v) is 3.49. The molecule has 1 nitrogen and oxygen atoms in total. The lowest BCUT2D eigenvalue weighted by Crippen LogP contribution is -1.90. The van der Waals surface area contributed by atoms with Gasteiger partial charge in [-0.1, -0.05) is 18.2 Å². The van der Waals surface area contributed by atoms with Crippen LogP contribution < -0.4 is 5.73 Å². The van der Waals surface area contributed by atoms with Crippen LogP contribution in [-0.4, -0.2) is 11.5 Å². The average Bonchev–Trinajstić information content (AvgIpc) is 2.40. The van der Waals surface area contributed by atoms with Crippen LogP contribution in [-0.2, 0) is 0 Å². The van der Waals surface area contributed by atoms with Gasteiger partial charge in [-0.2, -0.15) is 0 Å². The first-order chi connectivity index (χ1) is 8.75. The summed E-state index contributed by atoms with van der Waals surface area (Å²) >= 11 is 3.79. The Bertz CT molecular complexity index is 497. The van der Waals surface area contributed by atoms with Crippen molar-refractivity contribution in [2.24, 2.45) is 0 Å². The summed E-state index contributed by atoms with van der Waals surface area (Å²) in [6, 6.07) is 16.8. The standard InChI is InChI=1S/C15H17NS2/c1-12-11-14(7-8-15(12)16)18-10-9-17-13-5-3-2-4-6-13/h2-8,11H,9-10,16H2,1H3. The molecule has 0 aliphatic rings. The second kappa shape index (κ2) is 6.76. The van der Waals surface area contributed by atoms with E-state index in [2.05, 4.69) is 49.4 Å². The Morgan fingerprint density at radius 2 is 1.56 bits per heavy atom. The monoisotopic (exact) mass is 275 g/mol. The van der Waals surface area contributed by atoms with E-state index in [4.69, 9.17) is 5.73 Å². The quantitative estimate of drug-likeness (QED) is 0.495. The van der Waals surface area contributed by atoms with Gasteiger partial charge >= 0.3 is 0 Å². The lowest BCUT2D eigenvalue weighted by molar-refractivity contribution is 1.35. The summed E-state index contributed by atoms with van der Waals surface area (Å²) in [7, 11) is 0. The molecule has 0 saturated carbocycles. The van der Waals surface area contributed by atoms with Crippen molar-refractivity contribution in [1.29, 1.82) is 0 Å². The number of hydrogen-bond donors (Lipinski definition) is 1. The fraction of sp³-hybridized carbons (Fsp3) is 0.200. The Morgan fingerprint density at radius 1 is 0.889 bits per heavy atom. The Hall–Kier alpha value is -1.06. The van der Waals surface area contributed by atoms with Gasteiger partial charge in [-0.25, -0.2) is 0 Å². The second-order valence-corrected chi connectivity index (χ2v) is 6.37. The molecule has 0 aliphatic heterocycles. The van der Waals surface area contributed by atoms with Crippen LogP contribution in [0.5, 0.6) is 0 Å². The van der Waals surface area contributed by atoms with Gasteiger partial charge in [0.1, 0.15) is 0 Å². The van der Waals surface area contributed by atoms with E-state index in [0.29, 0.717) is 0 Å². The summed E-state index contributed by atoms with van der Waals surface area (Å²) in [5.41, 5.74) is 7.84. The van der Waals surface area contributed by atoms with E-state index >= 15 is 0 Å². The zero-order chi connectivity index (χ0) is 12.8. The van der Waals surface area contributed by atoms with Crippen molar-refractivity contribution in [3.05, 3.63) is 54.1 Å². The number of aryl methyl sites for hydroxylation is 1. The van der Waals surface area contributed by atoms with E-state index in [1.165, 1.54) is 9.79 Å². The van der Waals surface area contributed by atoms with Gasteiger partial charge in [-0.15, -0.1) is 23.5 Å². The largest absolute Gasteiger partial charge is 0.399 e. The minimum Gasteiger partial charge on any atom is -0.399 e. The predicted octanol–water partition coefficient (Wildman–Crippen LogP) is 4.46. The van der Waals surface area contributed by atoms with Crippen LogP contribution in [0, 0.1) is 6.92 Å². The highest BCUT2D eigenvalue weighted by Crippen LogP contribution is 2.25. The third-order valence-corrected chi connectivity index (χ3v) is 4.87. The van der Waals surface area contributed by atoms with Crippen molar-refractivity contribution >= 4 is 29.2 Å². The zero-order valence-electron chi connectivity index (χ0n) is 10.4. The minimum absolute atomic E-state index is 0.873. The lowest BCUT2D eigenvalue weighted by atomic mass is 10.2. The zero-order valence-corrected chi connectivity index (χ0v) is 12.1. The third kappa shape index (κ3) is 4.00. The molecule has 0 amide bonds. The van der Waals surface area contributed by atoms with Gasteiger partial charge in [0.2, 0.25) is 0 Å². The molecule has 0 aromatic heterocycles. The van der Waals surface area contributed by atoms with E-state index in [1.54, 1.807) is 0 Å². The minimum atomic E-state index is 0.873.